The van der Waals surface area contributed by atoms with Gasteiger partial charge in [-0.2, -0.15) is 0 Å². The van der Waals surface area contributed by atoms with E-state index in [2.05, 4.69) is 15.3 Å². The van der Waals surface area contributed by atoms with E-state index in [9.17, 15) is 0 Å². The molecule has 4 nitrogen and oxygen atoms in total. The van der Waals surface area contributed by atoms with Gasteiger partial charge in [0.25, 0.3) is 0 Å². The number of rotatable bonds is 3. The van der Waals surface area contributed by atoms with Gasteiger partial charge in [0.2, 0.25) is 0 Å². The summed E-state index contributed by atoms with van der Waals surface area (Å²) in [5.41, 5.74) is 2.37. The summed E-state index contributed by atoms with van der Waals surface area (Å²) in [6, 6.07) is 0.323. The quantitative estimate of drug-likeness (QED) is 0.691. The second-order valence-electron chi connectivity index (χ2n) is 3.16. The van der Waals surface area contributed by atoms with Gasteiger partial charge in [-0.15, -0.1) is 0 Å². The molecule has 0 spiro atoms. The maximum atomic E-state index is 7.17. The molecule has 13 heavy (non-hydrogen) atoms. The van der Waals surface area contributed by atoms with Crippen LogP contribution in [0.2, 0.25) is 0 Å². The van der Waals surface area contributed by atoms with Crippen LogP contribution < -0.4 is 5.32 Å². The fraction of sp³-hybridized carbons (Fsp3) is 0.444. The lowest BCUT2D eigenvalue weighted by molar-refractivity contribution is 0.888. The molecule has 2 N–H and O–H groups in total. The number of aromatic nitrogens is 2. The first-order valence-electron chi connectivity index (χ1n) is 4.23. The minimum atomic E-state index is 0.323. The Morgan fingerprint density at radius 2 is 2.15 bits per heavy atom. The van der Waals surface area contributed by atoms with Crippen molar-refractivity contribution >= 4 is 11.9 Å². The third kappa shape index (κ3) is 2.24. The number of nitrogens with zero attached hydrogens (tertiary/aromatic N) is 2. The lowest BCUT2D eigenvalue weighted by Gasteiger charge is -2.13. The average molecular weight is 178 g/mol. The number of anilines is 1. The lowest BCUT2D eigenvalue weighted by atomic mass is 10.2. The van der Waals surface area contributed by atoms with Gasteiger partial charge in [0.05, 0.1) is 11.4 Å². The van der Waals surface area contributed by atoms with Crippen LogP contribution in [0.1, 0.15) is 25.2 Å². The van der Waals surface area contributed by atoms with Gasteiger partial charge in [0.1, 0.15) is 12.0 Å². The highest BCUT2D eigenvalue weighted by atomic mass is 15.0. The van der Waals surface area contributed by atoms with Crippen LogP contribution in [0.15, 0.2) is 6.33 Å². The molecular formula is C9H14N4. The molecule has 0 amide bonds. The van der Waals surface area contributed by atoms with Gasteiger partial charge in [-0.3, -0.25) is 0 Å². The Hall–Kier alpha value is -1.45. The summed E-state index contributed by atoms with van der Waals surface area (Å²) in [6.07, 6.45) is 2.71. The molecule has 1 rings (SSSR count). The maximum absolute atomic E-state index is 7.17. The predicted molar refractivity (Wildman–Crippen MR) is 53.4 cm³/mol. The van der Waals surface area contributed by atoms with Crippen LogP contribution in [0.3, 0.4) is 0 Å². The summed E-state index contributed by atoms with van der Waals surface area (Å²) in [6.45, 7) is 5.99. The monoisotopic (exact) mass is 178 g/mol. The largest absolute Gasteiger partial charge is 0.380 e. The van der Waals surface area contributed by atoms with Gasteiger partial charge < -0.3 is 10.7 Å². The van der Waals surface area contributed by atoms with Crippen LogP contribution in [0.5, 0.6) is 0 Å². The lowest BCUT2D eigenvalue weighted by Crippen LogP contribution is -2.14. The normalized spacial score (nSPS) is 10.2. The molecule has 0 radical (unpaired) electrons. The van der Waals surface area contributed by atoms with Crippen LogP contribution in [-0.2, 0) is 0 Å². The summed E-state index contributed by atoms with van der Waals surface area (Å²) in [4.78, 5) is 8.06. The second kappa shape index (κ2) is 3.98. The first kappa shape index (κ1) is 9.64. The Kier molecular flexibility index (Phi) is 2.95. The van der Waals surface area contributed by atoms with Crippen LogP contribution in [0.4, 0.5) is 5.69 Å². The first-order chi connectivity index (χ1) is 6.15. The summed E-state index contributed by atoms with van der Waals surface area (Å²) < 4.78 is 0. The Morgan fingerprint density at radius 3 is 2.69 bits per heavy atom. The fourth-order valence-electron chi connectivity index (χ4n) is 1.07. The van der Waals surface area contributed by atoms with E-state index in [0.717, 1.165) is 11.4 Å². The Labute approximate surface area is 77.9 Å². The standard InChI is InChI=1S/C9H14N4/c1-6(2)13-9-7(3)11-5-12-8(9)4-10/h4-6,10,13H,1-3H3. The van der Waals surface area contributed by atoms with Gasteiger partial charge in [-0.25, -0.2) is 9.97 Å². The van der Waals surface area contributed by atoms with Crippen molar-refractivity contribution in [3.8, 4) is 0 Å². The summed E-state index contributed by atoms with van der Waals surface area (Å²) in [7, 11) is 0. The minimum Gasteiger partial charge on any atom is -0.380 e. The van der Waals surface area contributed by atoms with Crippen molar-refractivity contribution in [1.82, 2.24) is 9.97 Å². The Morgan fingerprint density at radius 1 is 1.46 bits per heavy atom. The van der Waals surface area contributed by atoms with Crippen molar-refractivity contribution in [3.05, 3.63) is 17.7 Å². The van der Waals surface area contributed by atoms with Gasteiger partial charge in [-0.05, 0) is 20.8 Å². The van der Waals surface area contributed by atoms with Crippen LogP contribution >= 0.6 is 0 Å². The molecule has 0 saturated carbocycles. The Balaban J connectivity index is 3.07. The molecular weight excluding hydrogens is 164 g/mol. The average Bonchev–Trinajstić information content (AvgIpc) is 2.08. The molecule has 0 fully saturated rings. The zero-order valence-electron chi connectivity index (χ0n) is 8.13. The van der Waals surface area contributed by atoms with Crippen LogP contribution in [0, 0.1) is 12.3 Å². The van der Waals surface area contributed by atoms with E-state index in [1.54, 1.807) is 0 Å². The first-order valence-corrected chi connectivity index (χ1v) is 4.23. The fourth-order valence-corrected chi connectivity index (χ4v) is 1.07. The zero-order chi connectivity index (χ0) is 9.84. The third-order valence-electron chi connectivity index (χ3n) is 1.64. The molecule has 4 heteroatoms. The molecule has 0 saturated heterocycles. The summed E-state index contributed by atoms with van der Waals surface area (Å²) >= 11 is 0. The van der Waals surface area contributed by atoms with Crippen molar-refractivity contribution in [1.29, 1.82) is 5.41 Å². The SMILES string of the molecule is Cc1ncnc(C=N)c1NC(C)C. The van der Waals surface area contributed by atoms with E-state index in [0.29, 0.717) is 11.7 Å². The van der Waals surface area contributed by atoms with Gasteiger partial charge >= 0.3 is 0 Å². The van der Waals surface area contributed by atoms with Crippen LogP contribution in [-0.4, -0.2) is 22.2 Å². The molecule has 1 aromatic rings. The molecule has 0 aliphatic heterocycles. The molecule has 0 atom stereocenters. The van der Waals surface area contributed by atoms with Crippen molar-refractivity contribution in [2.75, 3.05) is 5.32 Å². The third-order valence-corrected chi connectivity index (χ3v) is 1.64. The molecule has 70 valence electrons. The summed E-state index contributed by atoms with van der Waals surface area (Å²) in [5, 5.41) is 10.4. The van der Waals surface area contributed by atoms with Gasteiger partial charge in [0, 0.05) is 12.3 Å². The highest BCUT2D eigenvalue weighted by Crippen LogP contribution is 2.14. The molecule has 0 aliphatic rings. The van der Waals surface area contributed by atoms with E-state index in [1.165, 1.54) is 12.5 Å². The van der Waals surface area contributed by atoms with E-state index in [4.69, 9.17) is 5.41 Å². The zero-order valence-corrected chi connectivity index (χ0v) is 8.13. The number of nitrogens with one attached hydrogen (secondary N) is 2. The smallest absolute Gasteiger partial charge is 0.116 e. The molecule has 0 unspecified atom stereocenters. The highest BCUT2D eigenvalue weighted by Gasteiger charge is 2.06. The summed E-state index contributed by atoms with van der Waals surface area (Å²) in [5.74, 6) is 0. The predicted octanol–water partition coefficient (Wildman–Crippen LogP) is 1.60. The Bertz CT molecular complexity index is 306. The van der Waals surface area contributed by atoms with Crippen molar-refractivity contribution in [2.24, 2.45) is 0 Å². The number of aryl methyl sites for hydroxylation is 1. The minimum absolute atomic E-state index is 0.323. The van der Waals surface area contributed by atoms with Crippen molar-refractivity contribution in [3.63, 3.8) is 0 Å². The topological polar surface area (TPSA) is 61.7 Å². The molecule has 1 aromatic heterocycles. The number of hydrogen-bond acceptors (Lipinski definition) is 4. The van der Waals surface area contributed by atoms with Crippen molar-refractivity contribution in [2.45, 2.75) is 26.8 Å². The molecule has 1 heterocycles. The van der Waals surface area contributed by atoms with Gasteiger partial charge in [0.15, 0.2) is 0 Å². The molecule has 0 aromatic carbocycles. The molecule has 0 aliphatic carbocycles. The van der Waals surface area contributed by atoms with E-state index < -0.39 is 0 Å². The maximum Gasteiger partial charge on any atom is 0.116 e. The highest BCUT2D eigenvalue weighted by molar-refractivity contribution is 5.83. The van der Waals surface area contributed by atoms with Gasteiger partial charge in [-0.1, -0.05) is 0 Å². The van der Waals surface area contributed by atoms with E-state index in [1.807, 2.05) is 20.8 Å². The van der Waals surface area contributed by atoms with Crippen LogP contribution in [0.25, 0.3) is 0 Å². The second-order valence-corrected chi connectivity index (χ2v) is 3.16. The van der Waals surface area contributed by atoms with Crippen molar-refractivity contribution < 1.29 is 0 Å². The van der Waals surface area contributed by atoms with E-state index in [-0.39, 0.29) is 0 Å². The molecule has 0 bridgehead atoms. The van der Waals surface area contributed by atoms with E-state index >= 15 is 0 Å². The number of hydrogen-bond donors (Lipinski definition) is 2.